The Labute approximate surface area is 219 Å². The minimum Gasteiger partial charge on any atom is -0.365 e. The highest BCUT2D eigenvalue weighted by atomic mass is 16.6. The number of rotatable bonds is 2. The second-order valence-corrected chi connectivity index (χ2v) is 12.0. The topological polar surface area (TPSA) is 74.5 Å². The second kappa shape index (κ2) is 8.83. The van der Waals surface area contributed by atoms with Gasteiger partial charge in [0.25, 0.3) is 0 Å². The number of ketones is 1. The number of fused-ring (bicyclic) bond motifs is 3. The Morgan fingerprint density at radius 3 is 2.78 bits per heavy atom. The van der Waals surface area contributed by atoms with E-state index < -0.39 is 5.41 Å². The first-order valence-corrected chi connectivity index (χ1v) is 13.9. The molecule has 1 spiro atoms. The van der Waals surface area contributed by atoms with Crippen LogP contribution < -0.4 is 5.32 Å². The highest BCUT2D eigenvalue weighted by Gasteiger charge is 2.78. The minimum atomic E-state index is -1.15. The zero-order valence-corrected chi connectivity index (χ0v) is 22.3. The van der Waals surface area contributed by atoms with Gasteiger partial charge >= 0.3 is 0 Å². The van der Waals surface area contributed by atoms with Crippen LogP contribution in [-0.4, -0.2) is 34.4 Å². The summed E-state index contributed by atoms with van der Waals surface area (Å²) in [6.07, 6.45) is 15.6. The van der Waals surface area contributed by atoms with Gasteiger partial charge in [0.15, 0.2) is 5.78 Å². The third kappa shape index (κ3) is 3.69. The monoisotopic (exact) mass is 498 g/mol. The normalized spacial score (nSPS) is 42.6. The molecule has 5 nitrogen and oxygen atoms in total. The third-order valence-electron chi connectivity index (χ3n) is 9.75. The molecule has 6 rings (SSSR count). The molecule has 1 amide bonds. The number of nitrogens with one attached hydrogen (secondary N) is 2. The highest BCUT2D eigenvalue weighted by Crippen LogP contribution is 2.66. The van der Waals surface area contributed by atoms with Gasteiger partial charge in [0.2, 0.25) is 5.91 Å². The lowest BCUT2D eigenvalue weighted by molar-refractivity contribution is -0.145. The number of ether oxygens (including phenoxy) is 1. The fourth-order valence-electron chi connectivity index (χ4n) is 7.72. The average molecular weight is 499 g/mol. The summed E-state index contributed by atoms with van der Waals surface area (Å²) >= 11 is 0. The van der Waals surface area contributed by atoms with Gasteiger partial charge in [0.1, 0.15) is 5.41 Å². The van der Waals surface area contributed by atoms with E-state index in [1.165, 1.54) is 16.5 Å². The van der Waals surface area contributed by atoms with E-state index in [2.05, 4.69) is 68.4 Å². The molecule has 0 unspecified atom stereocenters. The number of aromatic amines is 1. The lowest BCUT2D eigenvalue weighted by atomic mass is 9.51. The van der Waals surface area contributed by atoms with E-state index in [9.17, 15) is 9.59 Å². The molecule has 4 aliphatic rings. The number of benzene rings is 1. The third-order valence-corrected chi connectivity index (χ3v) is 9.75. The molecular formula is C32H38N2O3. The molecule has 1 saturated carbocycles. The van der Waals surface area contributed by atoms with Crippen molar-refractivity contribution < 1.29 is 14.3 Å². The predicted molar refractivity (Wildman–Crippen MR) is 146 cm³/mol. The Bertz CT molecular complexity index is 1330. The van der Waals surface area contributed by atoms with E-state index in [0.29, 0.717) is 12.3 Å². The molecule has 3 heterocycles. The van der Waals surface area contributed by atoms with Gasteiger partial charge in [-0.15, -0.1) is 0 Å². The largest absolute Gasteiger partial charge is 0.365 e. The van der Waals surface area contributed by atoms with Crippen LogP contribution in [0.5, 0.6) is 0 Å². The Balaban J connectivity index is 1.44. The summed E-state index contributed by atoms with van der Waals surface area (Å²) in [5, 5.41) is 4.51. The maximum atomic E-state index is 14.2. The zero-order chi connectivity index (χ0) is 25.9. The summed E-state index contributed by atoms with van der Waals surface area (Å²) in [6.45, 7) is 8.74. The number of carbonyl (C=O) groups excluding carboxylic acids is 2. The number of amides is 1. The Hall–Kier alpha value is -2.92. The lowest BCUT2D eigenvalue weighted by Crippen LogP contribution is -2.57. The highest BCUT2D eigenvalue weighted by molar-refractivity contribution is 6.13. The van der Waals surface area contributed by atoms with Crippen LogP contribution in [0.1, 0.15) is 52.5 Å². The molecule has 0 radical (unpaired) electrons. The number of H-pyrrole nitrogens is 1. The van der Waals surface area contributed by atoms with E-state index in [1.807, 2.05) is 24.4 Å². The van der Waals surface area contributed by atoms with Crippen LogP contribution in [0.15, 0.2) is 66.4 Å². The van der Waals surface area contributed by atoms with Gasteiger partial charge in [-0.05, 0) is 69.1 Å². The first kappa shape index (κ1) is 24.4. The number of carbonyl (C=O) groups is 2. The van der Waals surface area contributed by atoms with Gasteiger partial charge in [0.05, 0.1) is 11.7 Å². The number of allylic oxidation sites excluding steroid dienone is 5. The summed E-state index contributed by atoms with van der Waals surface area (Å²) < 4.78 is 6.40. The molecule has 2 aromatic rings. The van der Waals surface area contributed by atoms with E-state index in [0.717, 1.165) is 24.8 Å². The Morgan fingerprint density at radius 2 is 1.95 bits per heavy atom. The summed E-state index contributed by atoms with van der Waals surface area (Å²) in [7, 11) is 0. The van der Waals surface area contributed by atoms with Gasteiger partial charge < -0.3 is 15.0 Å². The van der Waals surface area contributed by atoms with Crippen molar-refractivity contribution in [1.29, 1.82) is 0 Å². The van der Waals surface area contributed by atoms with Crippen molar-refractivity contribution in [2.24, 2.45) is 29.1 Å². The minimum absolute atomic E-state index is 0.0622. The summed E-state index contributed by atoms with van der Waals surface area (Å²) in [5.74, 6) is -0.164. The molecule has 194 valence electrons. The molecule has 2 aliphatic heterocycles. The van der Waals surface area contributed by atoms with E-state index >= 15 is 0 Å². The van der Waals surface area contributed by atoms with E-state index in [4.69, 9.17) is 4.74 Å². The molecule has 1 aromatic heterocycles. The maximum absolute atomic E-state index is 14.2. The molecule has 0 bridgehead atoms. The number of hydrogen-bond acceptors (Lipinski definition) is 3. The van der Waals surface area contributed by atoms with Gasteiger partial charge in [-0.25, -0.2) is 0 Å². The Morgan fingerprint density at radius 1 is 1.14 bits per heavy atom. The standard InChI is InChI=1S/C32H38N2O3/c1-19-10-5-8-15-27(35)32-24(13-9-11-20(2)16-19)29-31(4,37-29)21(3)28(32)26(34-30(32)36)17-22-18-33-25-14-7-6-12-23(22)25/h6-9,12-16,18,20-21,24,26,28-29,33H,5,10-11,17H2,1-4H3,(H,34,36)/b13-9-,15-8-,19-16-/t20-,21-,24-,26-,28-,29-,31+,32-/m0/s1. The van der Waals surface area contributed by atoms with Crippen molar-refractivity contribution in [3.8, 4) is 0 Å². The fourth-order valence-corrected chi connectivity index (χ4v) is 7.72. The predicted octanol–water partition coefficient (Wildman–Crippen LogP) is 5.68. The van der Waals surface area contributed by atoms with Gasteiger partial charge in [-0.3, -0.25) is 9.59 Å². The van der Waals surface area contributed by atoms with Crippen LogP contribution in [0.2, 0.25) is 0 Å². The summed E-state index contributed by atoms with van der Waals surface area (Å²) in [5.41, 5.74) is 2.13. The quantitative estimate of drug-likeness (QED) is 0.318. The van der Waals surface area contributed by atoms with E-state index in [-0.39, 0.29) is 47.2 Å². The number of para-hydroxylation sites is 1. The molecule has 5 heteroatoms. The van der Waals surface area contributed by atoms with Gasteiger partial charge in [0, 0.05) is 35.0 Å². The molecule has 37 heavy (non-hydrogen) atoms. The molecule has 2 saturated heterocycles. The lowest BCUT2D eigenvalue weighted by Gasteiger charge is -2.45. The first-order valence-electron chi connectivity index (χ1n) is 13.9. The van der Waals surface area contributed by atoms with Crippen LogP contribution in [0.25, 0.3) is 10.9 Å². The van der Waals surface area contributed by atoms with Crippen LogP contribution in [0.3, 0.4) is 0 Å². The molecule has 8 atom stereocenters. The van der Waals surface area contributed by atoms with Crippen LogP contribution in [0, 0.1) is 29.1 Å². The average Bonchev–Trinajstić information content (AvgIpc) is 3.27. The zero-order valence-electron chi connectivity index (χ0n) is 22.3. The summed E-state index contributed by atoms with van der Waals surface area (Å²) in [4.78, 5) is 31.7. The maximum Gasteiger partial charge on any atom is 0.235 e. The van der Waals surface area contributed by atoms with Crippen molar-refractivity contribution in [2.45, 2.75) is 71.1 Å². The molecule has 1 aromatic carbocycles. The smallest absolute Gasteiger partial charge is 0.235 e. The van der Waals surface area contributed by atoms with Crippen molar-refractivity contribution in [3.05, 3.63) is 72.0 Å². The molecule has 2 N–H and O–H groups in total. The number of hydrogen-bond donors (Lipinski definition) is 2. The van der Waals surface area contributed by atoms with Crippen LogP contribution >= 0.6 is 0 Å². The fraction of sp³-hybridized carbons (Fsp3) is 0.500. The molecule has 2 aliphatic carbocycles. The first-order chi connectivity index (χ1) is 17.8. The second-order valence-electron chi connectivity index (χ2n) is 12.0. The van der Waals surface area contributed by atoms with Crippen LogP contribution in [0.4, 0.5) is 0 Å². The van der Waals surface area contributed by atoms with E-state index in [1.54, 1.807) is 6.08 Å². The van der Waals surface area contributed by atoms with Crippen molar-refractivity contribution >= 4 is 22.6 Å². The Kier molecular flexibility index (Phi) is 5.83. The number of aromatic nitrogens is 1. The van der Waals surface area contributed by atoms with Gasteiger partial charge in [-0.1, -0.05) is 61.9 Å². The molecule has 3 fully saturated rings. The van der Waals surface area contributed by atoms with Gasteiger partial charge in [-0.2, -0.15) is 0 Å². The van der Waals surface area contributed by atoms with Crippen molar-refractivity contribution in [2.75, 3.05) is 0 Å². The van der Waals surface area contributed by atoms with Crippen LogP contribution in [-0.2, 0) is 20.7 Å². The number of epoxide rings is 1. The SMILES string of the molecule is C/C1=C/[C@@H](C)C/C=C\[C@H]2[C@@H]3O[C@]3(C)[C@@H](C)[C@H]3[C@H](Cc4c[nH]c5ccccc45)NC(=O)[C@@]32C(=O)/C=C\CC1. The molecular weight excluding hydrogens is 460 g/mol. The van der Waals surface area contributed by atoms with Crippen molar-refractivity contribution in [3.63, 3.8) is 0 Å². The summed E-state index contributed by atoms with van der Waals surface area (Å²) in [6, 6.07) is 8.12. The van der Waals surface area contributed by atoms with Crippen molar-refractivity contribution in [1.82, 2.24) is 10.3 Å².